The van der Waals surface area contributed by atoms with E-state index in [1.165, 1.54) is 16.1 Å². The van der Waals surface area contributed by atoms with Gasteiger partial charge in [-0.15, -0.1) is 0 Å². The van der Waals surface area contributed by atoms with Crippen LogP contribution in [-0.4, -0.2) is 32.1 Å². The van der Waals surface area contributed by atoms with E-state index in [1.54, 1.807) is 12.4 Å². The van der Waals surface area contributed by atoms with Gasteiger partial charge in [-0.3, -0.25) is 14.1 Å². The Balaban J connectivity index is 1.57. The van der Waals surface area contributed by atoms with Crippen molar-refractivity contribution in [3.8, 4) is 0 Å². The molecule has 0 unspecified atom stereocenters. The van der Waals surface area contributed by atoms with Crippen LogP contribution in [0, 0.1) is 6.92 Å². The fourth-order valence-electron chi connectivity index (χ4n) is 3.85. The van der Waals surface area contributed by atoms with Crippen molar-refractivity contribution in [1.29, 1.82) is 0 Å². The predicted octanol–water partition coefficient (Wildman–Crippen LogP) is 4.73. The molecule has 7 heteroatoms. The summed E-state index contributed by atoms with van der Waals surface area (Å²) in [6.45, 7) is 4.18. The summed E-state index contributed by atoms with van der Waals surface area (Å²) in [5.41, 5.74) is 5.68. The van der Waals surface area contributed by atoms with Crippen LogP contribution in [0.5, 0.6) is 0 Å². The highest BCUT2D eigenvalue weighted by Crippen LogP contribution is 2.28. The van der Waals surface area contributed by atoms with E-state index < -0.39 is 10.0 Å². The molecule has 33 heavy (non-hydrogen) atoms. The van der Waals surface area contributed by atoms with E-state index in [0.717, 1.165) is 40.9 Å². The number of amides is 1. The maximum Gasteiger partial charge on any atom is 0.232 e. The third kappa shape index (κ3) is 6.89. The van der Waals surface area contributed by atoms with Crippen molar-refractivity contribution in [2.24, 2.45) is 0 Å². The highest BCUT2D eigenvalue weighted by atomic mass is 32.2. The minimum absolute atomic E-state index is 0.133. The summed E-state index contributed by atoms with van der Waals surface area (Å²) in [7, 11) is -3.46. The number of benzene rings is 2. The molecule has 1 amide bonds. The first-order valence-corrected chi connectivity index (χ1v) is 13.0. The minimum Gasteiger partial charge on any atom is -0.326 e. The monoisotopic (exact) mass is 465 g/mol. The van der Waals surface area contributed by atoms with E-state index in [4.69, 9.17) is 0 Å². The first-order chi connectivity index (χ1) is 15.8. The van der Waals surface area contributed by atoms with Crippen LogP contribution in [0.4, 0.5) is 11.4 Å². The number of nitrogens with zero attached hydrogens (tertiary/aromatic N) is 2. The molecule has 2 aromatic carbocycles. The molecule has 0 saturated heterocycles. The number of aromatic nitrogens is 1. The van der Waals surface area contributed by atoms with Gasteiger partial charge in [-0.1, -0.05) is 37.3 Å². The topological polar surface area (TPSA) is 79.4 Å². The van der Waals surface area contributed by atoms with Crippen LogP contribution in [0.1, 0.15) is 42.0 Å². The average Bonchev–Trinajstić information content (AvgIpc) is 2.78. The van der Waals surface area contributed by atoms with E-state index in [2.05, 4.69) is 10.3 Å². The zero-order valence-corrected chi connectivity index (χ0v) is 20.2. The quantitative estimate of drug-likeness (QED) is 0.470. The fourth-order valence-corrected chi connectivity index (χ4v) is 4.91. The highest BCUT2D eigenvalue weighted by Gasteiger charge is 2.21. The van der Waals surface area contributed by atoms with Crippen LogP contribution in [0.15, 0.2) is 67.0 Å². The first-order valence-electron chi connectivity index (χ1n) is 11.1. The molecule has 174 valence electrons. The molecule has 1 N–H and O–H groups in total. The van der Waals surface area contributed by atoms with Gasteiger partial charge in [0.1, 0.15) is 0 Å². The number of nitrogens with one attached hydrogen (secondary N) is 1. The Morgan fingerprint density at radius 1 is 1.00 bits per heavy atom. The highest BCUT2D eigenvalue weighted by molar-refractivity contribution is 7.92. The molecule has 6 nitrogen and oxygen atoms in total. The number of carbonyl (C=O) groups excluding carboxylic acids is 1. The number of hydrogen-bond donors (Lipinski definition) is 1. The zero-order valence-electron chi connectivity index (χ0n) is 19.4. The molecule has 0 spiro atoms. The second-order valence-electron chi connectivity index (χ2n) is 8.15. The predicted molar refractivity (Wildman–Crippen MR) is 134 cm³/mol. The van der Waals surface area contributed by atoms with Gasteiger partial charge in [-0.2, -0.15) is 0 Å². The Morgan fingerprint density at radius 3 is 2.30 bits per heavy atom. The number of anilines is 2. The van der Waals surface area contributed by atoms with Gasteiger partial charge in [0.15, 0.2) is 0 Å². The summed E-state index contributed by atoms with van der Waals surface area (Å²) < 4.78 is 26.4. The van der Waals surface area contributed by atoms with Gasteiger partial charge in [0.2, 0.25) is 15.9 Å². The molecular formula is C26H31N3O3S. The number of para-hydroxylation sites is 1. The standard InChI is InChI=1S/C26H31N3O3S/c1-4-23-8-5-7-20(2)26(23)29(33(3,31)32)18-6-9-25(30)28-24-12-10-21(11-13-24)19-22-14-16-27-17-15-22/h5,7-8,10-17H,4,6,9,18-19H2,1-3H3,(H,28,30). The molecular weight excluding hydrogens is 434 g/mol. The number of hydrogen-bond acceptors (Lipinski definition) is 4. The van der Waals surface area contributed by atoms with Gasteiger partial charge < -0.3 is 5.32 Å². The van der Waals surface area contributed by atoms with Gasteiger partial charge in [-0.05, 0) is 72.7 Å². The number of rotatable bonds is 10. The van der Waals surface area contributed by atoms with Gasteiger partial charge in [-0.25, -0.2) is 8.42 Å². The second-order valence-corrected chi connectivity index (χ2v) is 10.1. The molecule has 1 aromatic heterocycles. The summed E-state index contributed by atoms with van der Waals surface area (Å²) >= 11 is 0. The second kappa shape index (κ2) is 11.1. The number of aryl methyl sites for hydroxylation is 2. The van der Waals surface area contributed by atoms with E-state index in [0.29, 0.717) is 6.42 Å². The normalized spacial score (nSPS) is 11.2. The Labute approximate surface area is 196 Å². The van der Waals surface area contributed by atoms with Crippen LogP contribution in [0.25, 0.3) is 0 Å². The number of carbonyl (C=O) groups is 1. The van der Waals surface area contributed by atoms with Gasteiger partial charge in [0, 0.05) is 31.0 Å². The van der Waals surface area contributed by atoms with Crippen molar-refractivity contribution in [3.63, 3.8) is 0 Å². The maximum absolute atomic E-state index is 12.5. The van der Waals surface area contributed by atoms with Crippen LogP contribution in [0.3, 0.4) is 0 Å². The van der Waals surface area contributed by atoms with Crippen molar-refractivity contribution in [1.82, 2.24) is 4.98 Å². The molecule has 1 heterocycles. The Morgan fingerprint density at radius 2 is 1.67 bits per heavy atom. The largest absolute Gasteiger partial charge is 0.326 e. The molecule has 0 fully saturated rings. The minimum atomic E-state index is -3.46. The third-order valence-electron chi connectivity index (χ3n) is 5.51. The van der Waals surface area contributed by atoms with Crippen molar-refractivity contribution in [2.45, 2.75) is 39.5 Å². The van der Waals surface area contributed by atoms with Gasteiger partial charge >= 0.3 is 0 Å². The number of sulfonamides is 1. The molecule has 0 aliphatic carbocycles. The lowest BCUT2D eigenvalue weighted by Gasteiger charge is -2.26. The van der Waals surface area contributed by atoms with Crippen molar-refractivity contribution >= 4 is 27.3 Å². The molecule has 0 aliphatic rings. The van der Waals surface area contributed by atoms with E-state index in [1.807, 2.05) is 68.4 Å². The summed E-state index contributed by atoms with van der Waals surface area (Å²) in [4.78, 5) is 16.5. The van der Waals surface area contributed by atoms with Gasteiger partial charge in [0.25, 0.3) is 0 Å². The molecule has 3 rings (SSSR count). The summed E-state index contributed by atoms with van der Waals surface area (Å²) in [5.74, 6) is -0.133. The lowest BCUT2D eigenvalue weighted by molar-refractivity contribution is -0.116. The number of pyridine rings is 1. The third-order valence-corrected chi connectivity index (χ3v) is 6.68. The van der Waals surface area contributed by atoms with Crippen LogP contribution in [-0.2, 0) is 27.7 Å². The van der Waals surface area contributed by atoms with Crippen LogP contribution >= 0.6 is 0 Å². The zero-order chi connectivity index (χ0) is 23.8. The summed E-state index contributed by atoms with van der Waals surface area (Å²) in [5, 5.41) is 2.90. The average molecular weight is 466 g/mol. The molecule has 0 aliphatic heterocycles. The molecule has 3 aromatic rings. The van der Waals surface area contributed by atoms with Crippen molar-refractivity contribution < 1.29 is 13.2 Å². The van der Waals surface area contributed by atoms with Crippen LogP contribution in [0.2, 0.25) is 0 Å². The van der Waals surface area contributed by atoms with E-state index >= 15 is 0 Å². The first kappa shape index (κ1) is 24.5. The van der Waals surface area contributed by atoms with E-state index in [-0.39, 0.29) is 18.9 Å². The lowest BCUT2D eigenvalue weighted by Crippen LogP contribution is -2.33. The molecule has 0 saturated carbocycles. The molecule has 0 atom stereocenters. The van der Waals surface area contributed by atoms with Crippen molar-refractivity contribution in [2.75, 3.05) is 22.4 Å². The fraction of sp³-hybridized carbons (Fsp3) is 0.308. The maximum atomic E-state index is 12.5. The summed E-state index contributed by atoms with van der Waals surface area (Å²) in [6, 6.07) is 17.5. The van der Waals surface area contributed by atoms with Gasteiger partial charge in [0.05, 0.1) is 11.9 Å². The summed E-state index contributed by atoms with van der Waals surface area (Å²) in [6.07, 6.45) is 6.96. The Bertz CT molecular complexity index is 1180. The lowest BCUT2D eigenvalue weighted by atomic mass is 10.1. The smallest absolute Gasteiger partial charge is 0.232 e. The van der Waals surface area contributed by atoms with E-state index in [9.17, 15) is 13.2 Å². The molecule has 0 radical (unpaired) electrons. The Hall–Kier alpha value is -3.19. The van der Waals surface area contributed by atoms with Crippen LogP contribution < -0.4 is 9.62 Å². The van der Waals surface area contributed by atoms with Crippen molar-refractivity contribution in [3.05, 3.63) is 89.2 Å². The Kier molecular flexibility index (Phi) is 8.22. The SMILES string of the molecule is CCc1cccc(C)c1N(CCCC(=O)Nc1ccc(Cc2ccncc2)cc1)S(C)(=O)=O. The molecule has 0 bridgehead atoms.